The number of hydrogen-bond acceptors (Lipinski definition) is 3. The summed E-state index contributed by atoms with van der Waals surface area (Å²) >= 11 is 0. The molecule has 16 heavy (non-hydrogen) atoms. The molecule has 1 unspecified atom stereocenters. The molecule has 0 aromatic carbocycles. The second kappa shape index (κ2) is 5.02. The predicted octanol–water partition coefficient (Wildman–Crippen LogP) is 1.35. The van der Waals surface area contributed by atoms with Crippen molar-refractivity contribution in [1.29, 1.82) is 0 Å². The van der Waals surface area contributed by atoms with Crippen molar-refractivity contribution in [3.63, 3.8) is 0 Å². The Kier molecular flexibility index (Phi) is 4.37. The van der Waals surface area contributed by atoms with Gasteiger partial charge in [0.25, 0.3) is 0 Å². The van der Waals surface area contributed by atoms with E-state index < -0.39 is 16.1 Å². The second-order valence-electron chi connectivity index (χ2n) is 5.21. The lowest BCUT2D eigenvalue weighted by atomic mass is 9.92. The molecule has 0 bridgehead atoms. The molecule has 1 N–H and O–H groups in total. The fourth-order valence-electron chi connectivity index (χ4n) is 2.10. The molecule has 0 aromatic heterocycles. The molecule has 96 valence electrons. The molecule has 1 saturated heterocycles. The van der Waals surface area contributed by atoms with Gasteiger partial charge in [0.05, 0.1) is 11.9 Å². The summed E-state index contributed by atoms with van der Waals surface area (Å²) in [6.07, 6.45) is 2.46. The zero-order valence-electron chi connectivity index (χ0n) is 10.4. The average molecular weight is 249 g/mol. The van der Waals surface area contributed by atoms with E-state index in [0.717, 1.165) is 12.8 Å². The van der Waals surface area contributed by atoms with Crippen molar-refractivity contribution in [2.75, 3.05) is 12.3 Å². The van der Waals surface area contributed by atoms with E-state index in [1.54, 1.807) is 0 Å². The molecule has 0 amide bonds. The van der Waals surface area contributed by atoms with Gasteiger partial charge in [0.15, 0.2) is 0 Å². The van der Waals surface area contributed by atoms with Crippen LogP contribution in [0.15, 0.2) is 0 Å². The predicted molar refractivity (Wildman–Crippen MR) is 64.7 cm³/mol. The smallest absolute Gasteiger partial charge is 0.214 e. The summed E-state index contributed by atoms with van der Waals surface area (Å²) in [5.41, 5.74) is -0.355. The van der Waals surface area contributed by atoms with Gasteiger partial charge in [0.2, 0.25) is 10.0 Å². The Labute approximate surface area is 98.7 Å². The molecule has 1 aliphatic heterocycles. The Balaban J connectivity index is 2.82. The maximum Gasteiger partial charge on any atom is 0.214 e. The summed E-state index contributed by atoms with van der Waals surface area (Å²) in [6.45, 7) is 6.09. The van der Waals surface area contributed by atoms with Crippen molar-refractivity contribution in [2.45, 2.75) is 58.1 Å². The minimum absolute atomic E-state index is 0.194. The fraction of sp³-hybridized carbons (Fsp3) is 1.00. The number of hydrogen-bond donors (Lipinski definition) is 1. The third kappa shape index (κ3) is 3.18. The van der Waals surface area contributed by atoms with E-state index in [1.807, 2.05) is 20.8 Å². The maximum absolute atomic E-state index is 12.1. The summed E-state index contributed by atoms with van der Waals surface area (Å²) < 4.78 is 25.7. The Hall–Kier alpha value is -0.130. The lowest BCUT2D eigenvalue weighted by molar-refractivity contribution is 0.0480. The van der Waals surface area contributed by atoms with Gasteiger partial charge >= 0.3 is 0 Å². The number of nitrogens with zero attached hydrogens (tertiary/aromatic N) is 1. The summed E-state index contributed by atoms with van der Waals surface area (Å²) in [5, 5.41) is 9.59. The van der Waals surface area contributed by atoms with Crippen LogP contribution < -0.4 is 0 Å². The first-order valence-electron chi connectivity index (χ1n) is 5.98. The molecule has 1 rings (SSSR count). The largest absolute Gasteiger partial charge is 0.392 e. The van der Waals surface area contributed by atoms with Crippen LogP contribution in [0.2, 0.25) is 0 Å². The van der Waals surface area contributed by atoms with Crippen molar-refractivity contribution in [3.05, 3.63) is 0 Å². The van der Waals surface area contributed by atoms with Gasteiger partial charge in [-0.15, -0.1) is 0 Å². The first-order chi connectivity index (χ1) is 7.29. The molecular weight excluding hydrogens is 226 g/mol. The molecule has 0 spiro atoms. The van der Waals surface area contributed by atoms with Crippen LogP contribution in [0, 0.1) is 0 Å². The van der Waals surface area contributed by atoms with Crippen LogP contribution in [0.5, 0.6) is 0 Å². The molecule has 1 atom stereocenters. The number of aliphatic hydroxyl groups is 1. The van der Waals surface area contributed by atoms with Crippen LogP contribution in [-0.4, -0.2) is 41.8 Å². The van der Waals surface area contributed by atoms with E-state index in [9.17, 15) is 13.5 Å². The molecule has 5 heteroatoms. The van der Waals surface area contributed by atoms with E-state index in [1.165, 1.54) is 4.31 Å². The standard InChI is InChI=1S/C11H23NO3S/c1-4-5-8-16(14,15)12-9-10(13)6-7-11(12,2)3/h10,13H,4-9H2,1-3H3. The Bertz CT molecular complexity index is 324. The van der Waals surface area contributed by atoms with Crippen LogP contribution in [0.25, 0.3) is 0 Å². The lowest BCUT2D eigenvalue weighted by Gasteiger charge is -2.43. The minimum Gasteiger partial charge on any atom is -0.392 e. The topological polar surface area (TPSA) is 57.6 Å². The highest BCUT2D eigenvalue weighted by Crippen LogP contribution is 2.30. The highest BCUT2D eigenvalue weighted by Gasteiger charge is 2.40. The van der Waals surface area contributed by atoms with Crippen LogP contribution in [-0.2, 0) is 10.0 Å². The number of sulfonamides is 1. The monoisotopic (exact) mass is 249 g/mol. The summed E-state index contributed by atoms with van der Waals surface area (Å²) in [5.74, 6) is 0.194. The molecular formula is C11H23NO3S. The average Bonchev–Trinajstić information content (AvgIpc) is 2.19. The van der Waals surface area contributed by atoms with E-state index in [-0.39, 0.29) is 17.8 Å². The molecule has 1 heterocycles. The highest BCUT2D eigenvalue weighted by molar-refractivity contribution is 7.89. The normalized spacial score (nSPS) is 26.9. The molecule has 0 saturated carbocycles. The Morgan fingerprint density at radius 3 is 2.62 bits per heavy atom. The highest BCUT2D eigenvalue weighted by atomic mass is 32.2. The zero-order valence-corrected chi connectivity index (χ0v) is 11.3. The third-order valence-corrected chi connectivity index (χ3v) is 5.35. The van der Waals surface area contributed by atoms with E-state index in [2.05, 4.69) is 0 Å². The molecule has 0 aliphatic carbocycles. The molecule has 1 fully saturated rings. The van der Waals surface area contributed by atoms with Crippen LogP contribution in [0.4, 0.5) is 0 Å². The summed E-state index contributed by atoms with van der Waals surface area (Å²) in [7, 11) is -3.21. The number of unbranched alkanes of at least 4 members (excludes halogenated alkanes) is 1. The first kappa shape index (κ1) is 13.9. The second-order valence-corrected chi connectivity index (χ2v) is 7.22. The quantitative estimate of drug-likeness (QED) is 0.818. The molecule has 4 nitrogen and oxygen atoms in total. The van der Waals surface area contributed by atoms with Crippen molar-refractivity contribution in [3.8, 4) is 0 Å². The van der Waals surface area contributed by atoms with Gasteiger partial charge in [-0.3, -0.25) is 0 Å². The molecule has 0 radical (unpaired) electrons. The van der Waals surface area contributed by atoms with Gasteiger partial charge in [-0.1, -0.05) is 13.3 Å². The molecule has 0 aromatic rings. The lowest BCUT2D eigenvalue weighted by Crippen LogP contribution is -2.55. The Morgan fingerprint density at radius 1 is 1.44 bits per heavy atom. The van der Waals surface area contributed by atoms with Gasteiger partial charge in [0, 0.05) is 12.1 Å². The third-order valence-electron chi connectivity index (χ3n) is 3.23. The van der Waals surface area contributed by atoms with Crippen LogP contribution in [0.1, 0.15) is 46.5 Å². The van der Waals surface area contributed by atoms with E-state index in [0.29, 0.717) is 12.8 Å². The Morgan fingerprint density at radius 2 is 2.06 bits per heavy atom. The van der Waals surface area contributed by atoms with Gasteiger partial charge in [0.1, 0.15) is 0 Å². The van der Waals surface area contributed by atoms with Gasteiger partial charge in [-0.25, -0.2) is 8.42 Å². The van der Waals surface area contributed by atoms with Crippen molar-refractivity contribution >= 4 is 10.0 Å². The van der Waals surface area contributed by atoms with Gasteiger partial charge in [-0.05, 0) is 33.1 Å². The van der Waals surface area contributed by atoms with Crippen molar-refractivity contribution in [1.82, 2.24) is 4.31 Å². The summed E-state index contributed by atoms with van der Waals surface area (Å²) in [4.78, 5) is 0. The van der Waals surface area contributed by atoms with Crippen LogP contribution in [0.3, 0.4) is 0 Å². The van der Waals surface area contributed by atoms with Gasteiger partial charge < -0.3 is 5.11 Å². The van der Waals surface area contributed by atoms with E-state index in [4.69, 9.17) is 0 Å². The zero-order chi connectivity index (χ0) is 12.4. The van der Waals surface area contributed by atoms with Gasteiger partial charge in [-0.2, -0.15) is 4.31 Å². The SMILES string of the molecule is CCCCS(=O)(=O)N1CC(O)CCC1(C)C. The first-order valence-corrected chi connectivity index (χ1v) is 7.59. The van der Waals surface area contributed by atoms with Crippen molar-refractivity contribution < 1.29 is 13.5 Å². The van der Waals surface area contributed by atoms with Crippen LogP contribution >= 0.6 is 0 Å². The number of piperidine rings is 1. The number of aliphatic hydroxyl groups excluding tert-OH is 1. The summed E-state index contributed by atoms with van der Waals surface area (Å²) in [6, 6.07) is 0. The van der Waals surface area contributed by atoms with E-state index >= 15 is 0 Å². The van der Waals surface area contributed by atoms with Crippen molar-refractivity contribution in [2.24, 2.45) is 0 Å². The number of rotatable bonds is 4. The fourth-order valence-corrected chi connectivity index (χ4v) is 4.22. The molecule has 1 aliphatic rings. The minimum atomic E-state index is -3.21. The maximum atomic E-state index is 12.1. The number of β-amino-alcohol motifs (C(OH)–C–C–N with tert-alkyl or cyclic N) is 1.